The molecule has 0 fully saturated rings. The lowest BCUT2D eigenvalue weighted by Crippen LogP contribution is -1.93. The summed E-state index contributed by atoms with van der Waals surface area (Å²) in [5, 5.41) is 0. The summed E-state index contributed by atoms with van der Waals surface area (Å²) in [7, 11) is 0. The van der Waals surface area contributed by atoms with Gasteiger partial charge in [0.1, 0.15) is 0 Å². The molecule has 0 nitrogen and oxygen atoms in total. The summed E-state index contributed by atoms with van der Waals surface area (Å²) in [4.78, 5) is 0. The Morgan fingerprint density at radius 2 is 1.35 bits per heavy atom. The maximum absolute atomic E-state index is 2.28. The molecule has 0 N–H and O–H groups in total. The molecule has 0 heteroatoms. The van der Waals surface area contributed by atoms with E-state index < -0.39 is 0 Å². The van der Waals surface area contributed by atoms with Gasteiger partial charge in [0, 0.05) is 0 Å². The van der Waals surface area contributed by atoms with Crippen LogP contribution in [0.15, 0.2) is 60.7 Å². The third-order valence-electron chi connectivity index (χ3n) is 2.85. The number of benzene rings is 2. The highest BCUT2D eigenvalue weighted by Crippen LogP contribution is 2.25. The number of hydrogen-bond acceptors (Lipinski definition) is 0. The van der Waals surface area contributed by atoms with E-state index >= 15 is 0 Å². The van der Waals surface area contributed by atoms with E-state index in [0.29, 0.717) is 5.92 Å². The molecule has 2 rings (SSSR count). The molecule has 0 saturated carbocycles. The highest BCUT2D eigenvalue weighted by molar-refractivity contribution is 5.82. The van der Waals surface area contributed by atoms with Crippen molar-refractivity contribution in [1.82, 2.24) is 0 Å². The van der Waals surface area contributed by atoms with E-state index in [0.717, 1.165) is 0 Å². The lowest BCUT2D eigenvalue weighted by atomic mass is 9.93. The van der Waals surface area contributed by atoms with Crippen molar-refractivity contribution in [2.75, 3.05) is 0 Å². The van der Waals surface area contributed by atoms with Crippen LogP contribution < -0.4 is 0 Å². The van der Waals surface area contributed by atoms with Crippen molar-refractivity contribution in [3.05, 3.63) is 71.8 Å². The molecule has 0 unspecified atom stereocenters. The highest BCUT2D eigenvalue weighted by atomic mass is 14.1. The van der Waals surface area contributed by atoms with Crippen LogP contribution in [0.4, 0.5) is 0 Å². The van der Waals surface area contributed by atoms with E-state index in [1.807, 2.05) is 0 Å². The van der Waals surface area contributed by atoms with Gasteiger partial charge in [0.25, 0.3) is 0 Å². The monoisotopic (exact) mass is 222 g/mol. The molecule has 0 radical (unpaired) electrons. The Labute approximate surface area is 104 Å². The summed E-state index contributed by atoms with van der Waals surface area (Å²) in [5.41, 5.74) is 3.96. The summed E-state index contributed by atoms with van der Waals surface area (Å²) in [6.07, 6.45) is 2.28. The zero-order chi connectivity index (χ0) is 12.1. The van der Waals surface area contributed by atoms with Crippen molar-refractivity contribution >= 4 is 11.6 Å². The second-order valence-corrected chi connectivity index (χ2v) is 4.53. The normalized spacial score (nSPS) is 11.8. The second-order valence-electron chi connectivity index (χ2n) is 4.53. The van der Waals surface area contributed by atoms with Crippen LogP contribution in [-0.2, 0) is 0 Å². The van der Waals surface area contributed by atoms with E-state index in [2.05, 4.69) is 80.6 Å². The summed E-state index contributed by atoms with van der Waals surface area (Å²) in [6, 6.07) is 21.1. The average Bonchev–Trinajstić information content (AvgIpc) is 2.38. The van der Waals surface area contributed by atoms with Crippen LogP contribution in [0.2, 0.25) is 0 Å². The minimum Gasteiger partial charge on any atom is -0.0622 e. The zero-order valence-corrected chi connectivity index (χ0v) is 10.4. The molecule has 0 amide bonds. The Kier molecular flexibility index (Phi) is 3.77. The quantitative estimate of drug-likeness (QED) is 0.649. The molecule has 0 aliphatic heterocycles. The van der Waals surface area contributed by atoms with Gasteiger partial charge in [-0.15, -0.1) is 0 Å². The van der Waals surface area contributed by atoms with Gasteiger partial charge in [-0.1, -0.05) is 80.6 Å². The molecule has 17 heavy (non-hydrogen) atoms. The van der Waals surface area contributed by atoms with Gasteiger partial charge in [-0.3, -0.25) is 0 Å². The average molecular weight is 222 g/mol. The Hall–Kier alpha value is -1.82. The maximum Gasteiger partial charge on any atom is -0.0213 e. The standard InChI is InChI=1S/C17H18/c1-14(2)17(16-11-7-4-8-12-16)13-15-9-5-3-6-10-15/h3-14H,1-2H3. The first-order valence-corrected chi connectivity index (χ1v) is 6.09. The molecule has 0 aliphatic carbocycles. The first-order chi connectivity index (χ1) is 8.27. The van der Waals surface area contributed by atoms with Gasteiger partial charge in [0.2, 0.25) is 0 Å². The molecule has 0 spiro atoms. The molecule has 0 saturated heterocycles. The fraction of sp³-hybridized carbons (Fsp3) is 0.176. The van der Waals surface area contributed by atoms with E-state index in [-0.39, 0.29) is 0 Å². The van der Waals surface area contributed by atoms with Crippen molar-refractivity contribution in [3.8, 4) is 0 Å². The van der Waals surface area contributed by atoms with Crippen LogP contribution in [-0.4, -0.2) is 0 Å². The van der Waals surface area contributed by atoms with Crippen LogP contribution in [0.3, 0.4) is 0 Å². The van der Waals surface area contributed by atoms with Gasteiger partial charge in [-0.2, -0.15) is 0 Å². The van der Waals surface area contributed by atoms with Gasteiger partial charge in [0.05, 0.1) is 0 Å². The van der Waals surface area contributed by atoms with Crippen LogP contribution in [0.1, 0.15) is 25.0 Å². The summed E-state index contributed by atoms with van der Waals surface area (Å²) in [5.74, 6) is 0.526. The topological polar surface area (TPSA) is 0 Å². The maximum atomic E-state index is 2.28. The van der Waals surface area contributed by atoms with Crippen LogP contribution in [0.25, 0.3) is 11.6 Å². The SMILES string of the molecule is CC(C)C(=Cc1ccccc1)c1ccccc1. The highest BCUT2D eigenvalue weighted by Gasteiger charge is 2.05. The molecular formula is C17H18. The Morgan fingerprint density at radius 3 is 1.88 bits per heavy atom. The van der Waals surface area contributed by atoms with Crippen molar-refractivity contribution in [1.29, 1.82) is 0 Å². The van der Waals surface area contributed by atoms with Gasteiger partial charge < -0.3 is 0 Å². The van der Waals surface area contributed by atoms with E-state index in [9.17, 15) is 0 Å². The minimum absolute atomic E-state index is 0.526. The van der Waals surface area contributed by atoms with Crippen molar-refractivity contribution in [2.45, 2.75) is 13.8 Å². The molecule has 0 bridgehead atoms. The van der Waals surface area contributed by atoms with Gasteiger partial charge in [-0.25, -0.2) is 0 Å². The zero-order valence-electron chi connectivity index (χ0n) is 10.4. The van der Waals surface area contributed by atoms with Crippen molar-refractivity contribution in [3.63, 3.8) is 0 Å². The van der Waals surface area contributed by atoms with E-state index in [1.165, 1.54) is 16.7 Å². The second kappa shape index (κ2) is 5.49. The summed E-state index contributed by atoms with van der Waals surface area (Å²) >= 11 is 0. The molecule has 86 valence electrons. The summed E-state index contributed by atoms with van der Waals surface area (Å²) in [6.45, 7) is 4.48. The fourth-order valence-corrected chi connectivity index (χ4v) is 1.94. The van der Waals surface area contributed by atoms with E-state index in [1.54, 1.807) is 0 Å². The predicted octanol–water partition coefficient (Wildman–Crippen LogP) is 4.88. The third kappa shape index (κ3) is 3.07. The Balaban J connectivity index is 2.40. The Morgan fingerprint density at radius 1 is 0.824 bits per heavy atom. The largest absolute Gasteiger partial charge is 0.0622 e. The van der Waals surface area contributed by atoms with Gasteiger partial charge in [0.15, 0.2) is 0 Å². The molecule has 2 aromatic carbocycles. The first-order valence-electron chi connectivity index (χ1n) is 6.09. The lowest BCUT2D eigenvalue weighted by Gasteiger charge is -2.12. The van der Waals surface area contributed by atoms with Gasteiger partial charge >= 0.3 is 0 Å². The third-order valence-corrected chi connectivity index (χ3v) is 2.85. The van der Waals surface area contributed by atoms with Crippen LogP contribution in [0.5, 0.6) is 0 Å². The van der Waals surface area contributed by atoms with Crippen LogP contribution in [0, 0.1) is 5.92 Å². The number of hydrogen-bond donors (Lipinski definition) is 0. The van der Waals surface area contributed by atoms with Gasteiger partial charge in [-0.05, 0) is 22.6 Å². The minimum atomic E-state index is 0.526. The fourth-order valence-electron chi connectivity index (χ4n) is 1.94. The smallest absolute Gasteiger partial charge is 0.0213 e. The summed E-state index contributed by atoms with van der Waals surface area (Å²) < 4.78 is 0. The van der Waals surface area contributed by atoms with Crippen LogP contribution >= 0.6 is 0 Å². The molecule has 2 aromatic rings. The molecule has 0 aliphatic rings. The molecule has 0 heterocycles. The first kappa shape index (κ1) is 11.7. The number of rotatable bonds is 3. The van der Waals surface area contributed by atoms with Crippen molar-refractivity contribution < 1.29 is 0 Å². The number of allylic oxidation sites excluding steroid dienone is 1. The Bertz CT molecular complexity index is 478. The molecular weight excluding hydrogens is 204 g/mol. The predicted molar refractivity (Wildman–Crippen MR) is 75.6 cm³/mol. The molecule has 0 atom stereocenters. The van der Waals surface area contributed by atoms with E-state index in [4.69, 9.17) is 0 Å². The molecule has 0 aromatic heterocycles. The van der Waals surface area contributed by atoms with Crippen molar-refractivity contribution in [2.24, 2.45) is 5.92 Å². The lowest BCUT2D eigenvalue weighted by molar-refractivity contribution is 0.859.